The Labute approximate surface area is 145 Å². The van der Waals surface area contributed by atoms with Gasteiger partial charge in [0.05, 0.1) is 10.9 Å². The predicted octanol–water partition coefficient (Wildman–Crippen LogP) is 4.40. The van der Waals surface area contributed by atoms with Crippen LogP contribution in [-0.4, -0.2) is 11.0 Å². The molecule has 22 heavy (non-hydrogen) atoms. The molecule has 0 fully saturated rings. The van der Waals surface area contributed by atoms with Gasteiger partial charge in [0.25, 0.3) is 5.24 Å². The quantitative estimate of drug-likeness (QED) is 0.698. The fourth-order valence-corrected chi connectivity index (χ4v) is 4.23. The molecular weight excluding hydrogens is 409 g/mol. The lowest BCUT2D eigenvalue weighted by atomic mass is 10.0. The molecule has 1 unspecified atom stereocenters. The number of thioether (sulfide) groups is 1. The van der Waals surface area contributed by atoms with Crippen LogP contribution < -0.4 is 5.32 Å². The molecule has 3 nitrogen and oxygen atoms in total. The minimum absolute atomic E-state index is 0.0154. The van der Waals surface area contributed by atoms with Crippen molar-refractivity contribution in [3.63, 3.8) is 0 Å². The number of Topliss-reactive ketones (excluding diaryl/α,β-unsaturated/α-hetero) is 1. The number of benzene rings is 2. The highest BCUT2D eigenvalue weighted by Gasteiger charge is 2.40. The molecule has 1 aliphatic heterocycles. The zero-order chi connectivity index (χ0) is 15.3. The van der Waals surface area contributed by atoms with Gasteiger partial charge in [0, 0.05) is 20.3 Å². The summed E-state index contributed by atoms with van der Waals surface area (Å²) in [6.45, 7) is 0. The minimum Gasteiger partial charge on any atom is -0.316 e. The van der Waals surface area contributed by atoms with E-state index in [1.54, 1.807) is 0 Å². The fraction of sp³-hybridized carbons (Fsp3) is 0.0588. The van der Waals surface area contributed by atoms with E-state index in [0.717, 1.165) is 26.5 Å². The Morgan fingerprint density at radius 2 is 1.64 bits per heavy atom. The van der Waals surface area contributed by atoms with Crippen LogP contribution in [-0.2, 0) is 0 Å². The van der Waals surface area contributed by atoms with Gasteiger partial charge in [-0.15, -0.1) is 0 Å². The van der Waals surface area contributed by atoms with Crippen molar-refractivity contribution >= 4 is 51.1 Å². The van der Waals surface area contributed by atoms with Gasteiger partial charge in [-0.3, -0.25) is 9.59 Å². The summed E-state index contributed by atoms with van der Waals surface area (Å²) < 4.78 is 1.13. The number of halogens is 1. The number of carbonyl (C=O) groups is 2. The fourth-order valence-electron chi connectivity index (χ4n) is 2.86. The molecule has 1 amide bonds. The minimum atomic E-state index is -0.249. The second kappa shape index (κ2) is 5.24. The van der Waals surface area contributed by atoms with Gasteiger partial charge in [-0.2, -0.15) is 0 Å². The van der Waals surface area contributed by atoms with Crippen LogP contribution in [0.3, 0.4) is 0 Å². The van der Waals surface area contributed by atoms with Gasteiger partial charge >= 0.3 is 0 Å². The molecule has 0 radical (unpaired) electrons. The van der Waals surface area contributed by atoms with Crippen LogP contribution in [0.25, 0.3) is 5.70 Å². The van der Waals surface area contributed by atoms with E-state index in [2.05, 4.69) is 27.9 Å². The summed E-state index contributed by atoms with van der Waals surface area (Å²) >= 11 is 3.41. The molecule has 0 spiro atoms. The van der Waals surface area contributed by atoms with Crippen LogP contribution in [0.4, 0.5) is 4.79 Å². The van der Waals surface area contributed by atoms with E-state index in [9.17, 15) is 9.59 Å². The maximum absolute atomic E-state index is 12.8. The first-order chi connectivity index (χ1) is 10.6. The van der Waals surface area contributed by atoms with Crippen molar-refractivity contribution in [3.05, 3.63) is 74.4 Å². The molecule has 108 valence electrons. The van der Waals surface area contributed by atoms with Crippen molar-refractivity contribution in [2.45, 2.75) is 5.25 Å². The third-order valence-corrected chi connectivity index (χ3v) is 5.62. The summed E-state index contributed by atoms with van der Waals surface area (Å²) in [6, 6.07) is 15.4. The molecule has 0 aromatic heterocycles. The summed E-state index contributed by atoms with van der Waals surface area (Å²) in [5.41, 5.74) is 3.84. The molecule has 1 N–H and O–H groups in total. The third kappa shape index (κ3) is 2.11. The number of hydrogen-bond donors (Lipinski definition) is 1. The van der Waals surface area contributed by atoms with Gasteiger partial charge in [-0.1, -0.05) is 48.2 Å². The van der Waals surface area contributed by atoms with E-state index in [1.165, 1.54) is 0 Å². The highest BCUT2D eigenvalue weighted by molar-refractivity contribution is 14.1. The van der Waals surface area contributed by atoms with Gasteiger partial charge in [0.1, 0.15) is 0 Å². The molecule has 1 heterocycles. The normalized spacial score (nSPS) is 19.8. The lowest BCUT2D eigenvalue weighted by molar-refractivity contribution is 0.103. The Bertz CT molecular complexity index is 842. The van der Waals surface area contributed by atoms with Crippen molar-refractivity contribution in [2.24, 2.45) is 0 Å². The van der Waals surface area contributed by atoms with Gasteiger partial charge < -0.3 is 5.32 Å². The van der Waals surface area contributed by atoms with E-state index in [1.807, 2.05) is 48.5 Å². The molecule has 0 saturated carbocycles. The zero-order valence-electron chi connectivity index (χ0n) is 11.3. The Kier molecular flexibility index (Phi) is 3.34. The van der Waals surface area contributed by atoms with E-state index < -0.39 is 0 Å². The topological polar surface area (TPSA) is 46.2 Å². The molecule has 2 aromatic carbocycles. The molecule has 0 saturated heterocycles. The summed E-state index contributed by atoms with van der Waals surface area (Å²) in [7, 11) is 0. The SMILES string of the molecule is O=C1NC2=C(C(=O)c3ccccc32)C(c2ccc(I)cc2)S1. The second-order valence-corrected chi connectivity index (χ2v) is 7.45. The molecule has 2 aromatic rings. The van der Waals surface area contributed by atoms with Crippen molar-refractivity contribution in [1.82, 2.24) is 5.32 Å². The van der Waals surface area contributed by atoms with Gasteiger partial charge in [-0.05, 0) is 40.3 Å². The Balaban J connectivity index is 1.88. The molecule has 2 aliphatic rings. The third-order valence-electron chi connectivity index (χ3n) is 3.84. The number of fused-ring (bicyclic) bond motifs is 2. The van der Waals surface area contributed by atoms with E-state index >= 15 is 0 Å². The van der Waals surface area contributed by atoms with Crippen LogP contribution in [0.15, 0.2) is 54.1 Å². The van der Waals surface area contributed by atoms with E-state index in [-0.39, 0.29) is 16.3 Å². The largest absolute Gasteiger partial charge is 0.316 e. The Morgan fingerprint density at radius 3 is 2.36 bits per heavy atom. The molecule has 0 bridgehead atoms. The maximum Gasteiger partial charge on any atom is 0.284 e. The highest BCUT2D eigenvalue weighted by atomic mass is 127. The first-order valence-corrected chi connectivity index (χ1v) is 8.72. The Hall–Kier alpha value is -1.60. The first kappa shape index (κ1) is 14.0. The summed E-state index contributed by atoms with van der Waals surface area (Å²) in [5.74, 6) is 0.0154. The van der Waals surface area contributed by atoms with Gasteiger partial charge in [-0.25, -0.2) is 0 Å². The smallest absolute Gasteiger partial charge is 0.284 e. The monoisotopic (exact) mass is 419 g/mol. The van der Waals surface area contributed by atoms with Crippen LogP contribution >= 0.6 is 34.4 Å². The maximum atomic E-state index is 12.8. The van der Waals surface area contributed by atoms with Gasteiger partial charge in [0.15, 0.2) is 5.78 Å². The number of hydrogen-bond acceptors (Lipinski definition) is 3. The van der Waals surface area contributed by atoms with E-state index in [0.29, 0.717) is 16.8 Å². The number of nitrogens with one attached hydrogen (secondary N) is 1. The number of carbonyl (C=O) groups excluding carboxylic acids is 2. The molecule has 5 heteroatoms. The van der Waals surface area contributed by atoms with E-state index in [4.69, 9.17) is 0 Å². The zero-order valence-corrected chi connectivity index (χ0v) is 14.3. The Morgan fingerprint density at radius 1 is 0.955 bits per heavy atom. The second-order valence-electron chi connectivity index (χ2n) is 5.13. The van der Waals surface area contributed by atoms with Crippen LogP contribution in [0, 0.1) is 3.57 Å². The highest BCUT2D eigenvalue weighted by Crippen LogP contribution is 2.47. The van der Waals surface area contributed by atoms with Crippen LogP contribution in [0.5, 0.6) is 0 Å². The number of ketones is 1. The molecule has 1 aliphatic carbocycles. The molecule has 1 atom stereocenters. The molecule has 4 rings (SSSR count). The summed E-state index contributed by atoms with van der Waals surface area (Å²) in [4.78, 5) is 24.8. The summed E-state index contributed by atoms with van der Waals surface area (Å²) in [5, 5.41) is 2.49. The number of amides is 1. The lowest BCUT2D eigenvalue weighted by Crippen LogP contribution is -2.25. The van der Waals surface area contributed by atoms with Gasteiger partial charge in [0.2, 0.25) is 0 Å². The van der Waals surface area contributed by atoms with Crippen molar-refractivity contribution in [3.8, 4) is 0 Å². The number of rotatable bonds is 1. The first-order valence-electron chi connectivity index (χ1n) is 6.76. The lowest BCUT2D eigenvalue weighted by Gasteiger charge is -2.24. The average Bonchev–Trinajstić information content (AvgIpc) is 2.81. The van der Waals surface area contributed by atoms with Crippen LogP contribution in [0.2, 0.25) is 0 Å². The standard InChI is InChI=1S/C17H10INO2S/c18-10-7-5-9(6-8-10)16-13-14(19-17(21)22-16)11-3-1-2-4-12(11)15(13)20/h1-8,16H,(H,19,21). The van der Waals surface area contributed by atoms with Crippen molar-refractivity contribution < 1.29 is 9.59 Å². The van der Waals surface area contributed by atoms with Crippen molar-refractivity contribution in [1.29, 1.82) is 0 Å². The van der Waals surface area contributed by atoms with Crippen molar-refractivity contribution in [2.75, 3.05) is 0 Å². The summed E-state index contributed by atoms with van der Waals surface area (Å²) in [6.07, 6.45) is 0. The van der Waals surface area contributed by atoms with Crippen LogP contribution in [0.1, 0.15) is 26.7 Å². The molecular formula is C17H10INO2S. The average molecular weight is 419 g/mol. The predicted molar refractivity (Wildman–Crippen MR) is 95.7 cm³/mol.